The summed E-state index contributed by atoms with van der Waals surface area (Å²) in [5.41, 5.74) is 2.21. The highest BCUT2D eigenvalue weighted by atomic mass is 79.9. The minimum absolute atomic E-state index is 0.419. The number of halogens is 3. The van der Waals surface area contributed by atoms with E-state index >= 15 is 0 Å². The van der Waals surface area contributed by atoms with Crippen LogP contribution in [0.2, 0.25) is 10.2 Å². The van der Waals surface area contributed by atoms with Crippen molar-refractivity contribution in [1.82, 2.24) is 9.88 Å². The first-order valence-corrected chi connectivity index (χ1v) is 7.33. The summed E-state index contributed by atoms with van der Waals surface area (Å²) in [4.78, 5) is 6.24. The van der Waals surface area contributed by atoms with E-state index in [4.69, 9.17) is 23.2 Å². The molecule has 1 heterocycles. The Morgan fingerprint density at radius 1 is 1.16 bits per heavy atom. The molecule has 0 bridgehead atoms. The first kappa shape index (κ1) is 14.8. The van der Waals surface area contributed by atoms with Gasteiger partial charge in [0.15, 0.2) is 0 Å². The zero-order valence-electron chi connectivity index (χ0n) is 10.4. The number of hydrogen-bond donors (Lipinski definition) is 0. The lowest BCUT2D eigenvalue weighted by Crippen LogP contribution is -2.17. The Labute approximate surface area is 131 Å². The number of benzene rings is 1. The molecule has 0 aliphatic heterocycles. The summed E-state index contributed by atoms with van der Waals surface area (Å²) in [6.07, 6.45) is 1.72. The van der Waals surface area contributed by atoms with Gasteiger partial charge in [0.2, 0.25) is 0 Å². The third-order valence-corrected chi connectivity index (χ3v) is 4.07. The Kier molecular flexibility index (Phi) is 5.22. The second kappa shape index (κ2) is 6.71. The van der Waals surface area contributed by atoms with Gasteiger partial charge in [-0.2, -0.15) is 0 Å². The van der Waals surface area contributed by atoms with Gasteiger partial charge in [0, 0.05) is 34.3 Å². The van der Waals surface area contributed by atoms with Gasteiger partial charge in [-0.3, -0.25) is 4.90 Å². The maximum atomic E-state index is 6.15. The predicted molar refractivity (Wildman–Crippen MR) is 83.6 cm³/mol. The van der Waals surface area contributed by atoms with Crippen LogP contribution in [0.3, 0.4) is 0 Å². The van der Waals surface area contributed by atoms with Crippen molar-refractivity contribution in [2.45, 2.75) is 13.1 Å². The molecular formula is C14H13BrCl2N2. The number of aromatic nitrogens is 1. The Morgan fingerprint density at radius 3 is 2.53 bits per heavy atom. The van der Waals surface area contributed by atoms with Crippen LogP contribution >= 0.6 is 39.1 Å². The SMILES string of the molecule is CN(Cc1cnc(Cl)cc1Cl)Cc1ccccc1Br. The minimum Gasteiger partial charge on any atom is -0.298 e. The Hall–Kier alpha value is -0.610. The quantitative estimate of drug-likeness (QED) is 0.730. The molecule has 0 spiro atoms. The van der Waals surface area contributed by atoms with Crippen molar-refractivity contribution in [3.8, 4) is 0 Å². The molecule has 1 aromatic carbocycles. The summed E-state index contributed by atoms with van der Waals surface area (Å²) in [5.74, 6) is 0. The molecule has 100 valence electrons. The molecule has 0 radical (unpaired) electrons. The molecule has 0 aliphatic carbocycles. The minimum atomic E-state index is 0.419. The fraction of sp³-hybridized carbons (Fsp3) is 0.214. The highest BCUT2D eigenvalue weighted by molar-refractivity contribution is 9.10. The lowest BCUT2D eigenvalue weighted by Gasteiger charge is -2.18. The average Bonchev–Trinajstić information content (AvgIpc) is 2.36. The standard InChI is InChI=1S/C14H13BrCl2N2/c1-19(8-10-4-2-3-5-12(10)15)9-11-7-18-14(17)6-13(11)16/h2-7H,8-9H2,1H3. The summed E-state index contributed by atoms with van der Waals surface area (Å²) in [6.45, 7) is 1.56. The van der Waals surface area contributed by atoms with E-state index < -0.39 is 0 Å². The molecule has 0 N–H and O–H groups in total. The topological polar surface area (TPSA) is 16.1 Å². The van der Waals surface area contributed by atoms with E-state index in [1.807, 2.05) is 25.2 Å². The van der Waals surface area contributed by atoms with E-state index in [1.54, 1.807) is 12.3 Å². The molecule has 0 saturated carbocycles. The molecule has 0 fully saturated rings. The van der Waals surface area contributed by atoms with Crippen molar-refractivity contribution >= 4 is 39.1 Å². The Morgan fingerprint density at radius 2 is 1.84 bits per heavy atom. The van der Waals surface area contributed by atoms with Crippen molar-refractivity contribution in [1.29, 1.82) is 0 Å². The van der Waals surface area contributed by atoms with Crippen molar-refractivity contribution in [3.63, 3.8) is 0 Å². The van der Waals surface area contributed by atoms with Crippen LogP contribution in [0.5, 0.6) is 0 Å². The van der Waals surface area contributed by atoms with Crippen LogP contribution in [-0.4, -0.2) is 16.9 Å². The van der Waals surface area contributed by atoms with Crippen LogP contribution in [0.15, 0.2) is 41.0 Å². The molecular weight excluding hydrogens is 347 g/mol. The number of nitrogens with zero attached hydrogens (tertiary/aromatic N) is 2. The summed E-state index contributed by atoms with van der Waals surface area (Å²) >= 11 is 15.5. The van der Waals surface area contributed by atoms with Crippen molar-refractivity contribution in [2.24, 2.45) is 0 Å². The van der Waals surface area contributed by atoms with E-state index in [0.717, 1.165) is 23.1 Å². The van der Waals surface area contributed by atoms with Gasteiger partial charge in [0.25, 0.3) is 0 Å². The highest BCUT2D eigenvalue weighted by Crippen LogP contribution is 2.22. The van der Waals surface area contributed by atoms with Crippen LogP contribution < -0.4 is 0 Å². The highest BCUT2D eigenvalue weighted by Gasteiger charge is 2.08. The van der Waals surface area contributed by atoms with Crippen LogP contribution in [0.4, 0.5) is 0 Å². The average molecular weight is 360 g/mol. The summed E-state index contributed by atoms with van der Waals surface area (Å²) in [6, 6.07) is 9.85. The van der Waals surface area contributed by atoms with Crippen LogP contribution in [0.1, 0.15) is 11.1 Å². The fourth-order valence-electron chi connectivity index (χ4n) is 1.82. The van der Waals surface area contributed by atoms with Crippen LogP contribution in [-0.2, 0) is 13.1 Å². The van der Waals surface area contributed by atoms with Gasteiger partial charge in [0.05, 0.1) is 0 Å². The molecule has 5 heteroatoms. The molecule has 2 nitrogen and oxygen atoms in total. The second-order valence-corrected chi connectivity index (χ2v) is 6.01. The fourth-order valence-corrected chi connectivity index (χ4v) is 2.65. The summed E-state index contributed by atoms with van der Waals surface area (Å²) in [5, 5.41) is 1.07. The molecule has 0 saturated heterocycles. The molecule has 0 aliphatic rings. The van der Waals surface area contributed by atoms with E-state index in [1.165, 1.54) is 5.56 Å². The van der Waals surface area contributed by atoms with Crippen LogP contribution in [0, 0.1) is 0 Å². The lowest BCUT2D eigenvalue weighted by atomic mass is 10.2. The van der Waals surface area contributed by atoms with Gasteiger partial charge in [-0.1, -0.05) is 57.3 Å². The van der Waals surface area contributed by atoms with E-state index in [-0.39, 0.29) is 0 Å². The first-order chi connectivity index (χ1) is 9.06. The van der Waals surface area contributed by atoms with Gasteiger partial charge < -0.3 is 0 Å². The van der Waals surface area contributed by atoms with Crippen molar-refractivity contribution < 1.29 is 0 Å². The number of hydrogen-bond acceptors (Lipinski definition) is 2. The summed E-state index contributed by atoms with van der Waals surface area (Å²) in [7, 11) is 2.05. The van der Waals surface area contributed by atoms with Gasteiger partial charge in [-0.05, 0) is 24.7 Å². The summed E-state index contributed by atoms with van der Waals surface area (Å²) < 4.78 is 1.11. The Balaban J connectivity index is 2.05. The number of pyridine rings is 1. The lowest BCUT2D eigenvalue weighted by molar-refractivity contribution is 0.318. The van der Waals surface area contributed by atoms with E-state index in [0.29, 0.717) is 10.2 Å². The largest absolute Gasteiger partial charge is 0.298 e. The smallest absolute Gasteiger partial charge is 0.130 e. The monoisotopic (exact) mass is 358 g/mol. The molecule has 0 amide bonds. The third-order valence-electron chi connectivity index (χ3n) is 2.73. The third kappa shape index (κ3) is 4.18. The zero-order chi connectivity index (χ0) is 13.8. The number of rotatable bonds is 4. The van der Waals surface area contributed by atoms with E-state index in [9.17, 15) is 0 Å². The predicted octanol–water partition coefficient (Wildman–Crippen LogP) is 4.78. The van der Waals surface area contributed by atoms with Crippen molar-refractivity contribution in [3.05, 3.63) is 62.3 Å². The normalized spacial score (nSPS) is 11.0. The van der Waals surface area contributed by atoms with Crippen molar-refractivity contribution in [2.75, 3.05) is 7.05 Å². The second-order valence-electron chi connectivity index (χ2n) is 4.36. The molecule has 2 rings (SSSR count). The molecule has 0 atom stereocenters. The maximum Gasteiger partial charge on any atom is 0.130 e. The molecule has 19 heavy (non-hydrogen) atoms. The van der Waals surface area contributed by atoms with E-state index in [2.05, 4.69) is 31.9 Å². The Bertz CT molecular complexity index is 575. The van der Waals surface area contributed by atoms with Gasteiger partial charge in [-0.15, -0.1) is 0 Å². The molecule has 1 aromatic heterocycles. The van der Waals surface area contributed by atoms with Crippen LogP contribution in [0.25, 0.3) is 0 Å². The molecule has 2 aromatic rings. The zero-order valence-corrected chi connectivity index (χ0v) is 13.5. The van der Waals surface area contributed by atoms with Gasteiger partial charge >= 0.3 is 0 Å². The van der Waals surface area contributed by atoms with Gasteiger partial charge in [-0.25, -0.2) is 4.98 Å². The first-order valence-electron chi connectivity index (χ1n) is 5.78. The maximum absolute atomic E-state index is 6.15. The van der Waals surface area contributed by atoms with Gasteiger partial charge in [0.1, 0.15) is 5.15 Å². The molecule has 0 unspecified atom stereocenters.